The maximum Gasteiger partial charge on any atom is 0.274 e. The first-order chi connectivity index (χ1) is 59.9. The molecular weight excluding hydrogens is 1570 g/mol. The minimum absolute atomic E-state index is 0.155. The van der Waals surface area contributed by atoms with Gasteiger partial charge in [0.15, 0.2) is 0 Å². The van der Waals surface area contributed by atoms with Gasteiger partial charge in [-0.1, -0.05) is 97.8 Å². The summed E-state index contributed by atoms with van der Waals surface area (Å²) in [5.74, 6) is 3.72. The van der Waals surface area contributed by atoms with Crippen LogP contribution in [0, 0.1) is 33.6 Å². The Hall–Kier alpha value is -13.2. The molecule has 0 bridgehead atoms. The molecule has 0 aliphatic heterocycles. The quantitative estimate of drug-likeness (QED) is 0.0197. The Morgan fingerprint density at radius 1 is 0.355 bits per heavy atom. The normalized spacial score (nSPS) is 15.2. The Labute approximate surface area is 726 Å². The summed E-state index contributed by atoms with van der Waals surface area (Å²) >= 11 is 0. The summed E-state index contributed by atoms with van der Waals surface area (Å²) in [5.41, 5.74) is 8.02. The minimum Gasteiger partial charge on any atom is -0.508 e. The van der Waals surface area contributed by atoms with E-state index in [0.717, 1.165) is 104 Å². The molecule has 124 heavy (non-hydrogen) atoms. The summed E-state index contributed by atoms with van der Waals surface area (Å²) < 4.78 is 0. The lowest BCUT2D eigenvalue weighted by molar-refractivity contribution is 0.101. The molecule has 5 aromatic carbocycles. The van der Waals surface area contributed by atoms with E-state index in [-0.39, 0.29) is 58.3 Å². The second-order valence-electron chi connectivity index (χ2n) is 32.0. The molecule has 656 valence electrons. The largest absolute Gasteiger partial charge is 0.508 e. The summed E-state index contributed by atoms with van der Waals surface area (Å²) in [6, 6.07) is 36.0. The molecular formula is C94H120N20O10. The van der Waals surface area contributed by atoms with E-state index in [0.29, 0.717) is 98.6 Å². The van der Waals surface area contributed by atoms with E-state index < -0.39 is 0 Å². The highest BCUT2D eigenvalue weighted by atomic mass is 16.3. The molecule has 4 fully saturated rings. The van der Waals surface area contributed by atoms with Gasteiger partial charge in [-0.2, -0.15) is 0 Å². The topological polar surface area (TPSA) is 409 Å². The number of nitrogens with one attached hydrogen (secondary N) is 7. The number of hydrogen-bond acceptors (Lipinski definition) is 25. The number of aryl methyl sites for hydroxylation is 4. The zero-order valence-electron chi connectivity index (χ0n) is 72.7. The number of phenolic OH excluding ortho intramolecular Hbond substituents is 5. The van der Waals surface area contributed by atoms with Crippen molar-refractivity contribution in [2.75, 3.05) is 78.6 Å². The van der Waals surface area contributed by atoms with E-state index in [1.54, 1.807) is 115 Å². The van der Waals surface area contributed by atoms with Crippen LogP contribution < -0.4 is 51.9 Å². The third-order valence-electron chi connectivity index (χ3n) is 22.5. The zero-order chi connectivity index (χ0) is 88.4. The lowest BCUT2D eigenvalue weighted by Crippen LogP contribution is -2.37. The molecule has 2 unspecified atom stereocenters. The average Bonchev–Trinajstić information content (AvgIpc) is 0.952. The van der Waals surface area contributed by atoms with Crippen LogP contribution in [0.25, 0.3) is 0 Å². The number of phenols is 5. The molecule has 10 aromatic rings. The van der Waals surface area contributed by atoms with Crippen molar-refractivity contribution in [3.05, 3.63) is 210 Å². The van der Waals surface area contributed by atoms with Gasteiger partial charge in [-0.15, -0.1) is 0 Å². The van der Waals surface area contributed by atoms with Crippen LogP contribution in [0.15, 0.2) is 159 Å². The Bertz CT molecular complexity index is 5130. The monoisotopic (exact) mass is 1690 g/mol. The van der Waals surface area contributed by atoms with Crippen LogP contribution >= 0.6 is 0 Å². The highest BCUT2D eigenvalue weighted by molar-refractivity contribution is 6.06. The fourth-order valence-corrected chi connectivity index (χ4v) is 15.6. The van der Waals surface area contributed by atoms with Crippen molar-refractivity contribution in [2.24, 2.45) is 5.92 Å². The first kappa shape index (κ1) is 93.1. The van der Waals surface area contributed by atoms with Crippen LogP contribution in [0.3, 0.4) is 0 Å². The van der Waals surface area contributed by atoms with E-state index in [1.807, 2.05) is 34.7 Å². The zero-order valence-corrected chi connectivity index (χ0v) is 72.7. The van der Waals surface area contributed by atoms with Crippen molar-refractivity contribution in [2.45, 2.75) is 221 Å². The summed E-state index contributed by atoms with van der Waals surface area (Å²) in [7, 11) is 2.03. The van der Waals surface area contributed by atoms with E-state index in [2.05, 4.69) is 129 Å². The number of carbonyl (C=O) groups is 5. The van der Waals surface area contributed by atoms with Crippen molar-refractivity contribution in [1.29, 1.82) is 0 Å². The third kappa shape index (κ3) is 28.5. The Morgan fingerprint density at radius 3 is 1.11 bits per heavy atom. The molecule has 2 atom stereocenters. The van der Waals surface area contributed by atoms with Gasteiger partial charge < -0.3 is 77.4 Å². The summed E-state index contributed by atoms with van der Waals surface area (Å²) in [5, 5.41) is 68.1. The van der Waals surface area contributed by atoms with Gasteiger partial charge in [-0.3, -0.25) is 24.0 Å². The van der Waals surface area contributed by atoms with Gasteiger partial charge in [0.1, 0.15) is 118 Å². The average molecular weight is 1690 g/mol. The van der Waals surface area contributed by atoms with Crippen LogP contribution in [0.1, 0.15) is 244 Å². The lowest BCUT2D eigenvalue weighted by atomic mass is 9.86. The molecule has 14 rings (SSSR count). The number of carbonyl (C=O) groups excluding carboxylic acids is 5. The van der Waals surface area contributed by atoms with Crippen LogP contribution in [0.2, 0.25) is 0 Å². The lowest BCUT2D eigenvalue weighted by Gasteiger charge is -2.34. The molecule has 5 amide bonds. The SMILES string of the molecule is CCCN(CCC)c1cc(C(=O)Nc2ccc(O)cc2)ncn1.CCN(c1cc(C(=O)Nc2ccc(O)cc2C)ncn1)C1CCCCC1.Cc1cc(O)ccc1NC(=O)c1cc(N(C)C2CCCCC2)ncn1.Cc1cc(O)ccc1NC(=O)c1cc(NC2CCCCC2C)ncn1.Cc1cc(O)ccc1NC(=O)c1cc(NC2CCCCCC2)ncn1. The number of aromatic nitrogens is 10. The molecule has 0 spiro atoms. The van der Waals surface area contributed by atoms with E-state index in [1.165, 1.54) is 140 Å². The molecule has 5 aromatic heterocycles. The predicted molar refractivity (Wildman–Crippen MR) is 488 cm³/mol. The second-order valence-corrected chi connectivity index (χ2v) is 32.0. The fourth-order valence-electron chi connectivity index (χ4n) is 15.6. The van der Waals surface area contributed by atoms with Crippen LogP contribution in [-0.4, -0.2) is 156 Å². The number of nitrogens with zero attached hydrogens (tertiary/aromatic N) is 13. The number of benzene rings is 5. The smallest absolute Gasteiger partial charge is 0.274 e. The maximum atomic E-state index is 12.6. The molecule has 4 aliphatic rings. The van der Waals surface area contributed by atoms with Crippen LogP contribution in [0.5, 0.6) is 28.7 Å². The Kier molecular flexibility index (Phi) is 35.5. The fraction of sp³-hybridized carbons (Fsp3) is 0.415. The third-order valence-corrected chi connectivity index (χ3v) is 22.5. The van der Waals surface area contributed by atoms with Crippen molar-refractivity contribution < 1.29 is 49.5 Å². The van der Waals surface area contributed by atoms with Gasteiger partial charge >= 0.3 is 0 Å². The highest BCUT2D eigenvalue weighted by Gasteiger charge is 2.27. The molecule has 0 saturated heterocycles. The molecule has 4 saturated carbocycles. The number of aromatic hydroxyl groups is 5. The molecule has 0 radical (unpaired) electrons. The van der Waals surface area contributed by atoms with E-state index in [9.17, 15) is 49.5 Å². The Morgan fingerprint density at radius 2 is 0.694 bits per heavy atom. The van der Waals surface area contributed by atoms with Crippen LogP contribution in [0.4, 0.5) is 57.5 Å². The highest BCUT2D eigenvalue weighted by Crippen LogP contribution is 2.32. The van der Waals surface area contributed by atoms with Crippen molar-refractivity contribution in [3.8, 4) is 28.7 Å². The number of hydrogen-bond donors (Lipinski definition) is 12. The predicted octanol–water partition coefficient (Wildman–Crippen LogP) is 18.1. The Balaban J connectivity index is 0.000000162. The van der Waals surface area contributed by atoms with Crippen molar-refractivity contribution >= 4 is 87.1 Å². The van der Waals surface area contributed by atoms with Gasteiger partial charge in [-0.25, -0.2) is 49.8 Å². The summed E-state index contributed by atoms with van der Waals surface area (Å²) in [4.78, 5) is 111. The van der Waals surface area contributed by atoms with Crippen molar-refractivity contribution in [1.82, 2.24) is 49.8 Å². The molecule has 30 heteroatoms. The first-order valence-corrected chi connectivity index (χ1v) is 43.3. The summed E-state index contributed by atoms with van der Waals surface area (Å²) in [6.45, 7) is 18.6. The van der Waals surface area contributed by atoms with Gasteiger partial charge in [0.25, 0.3) is 29.5 Å². The van der Waals surface area contributed by atoms with Gasteiger partial charge in [0, 0.05) is 110 Å². The number of anilines is 10. The number of rotatable bonds is 24. The maximum absolute atomic E-state index is 12.6. The van der Waals surface area contributed by atoms with Gasteiger partial charge in [0.05, 0.1) is 0 Å². The molecule has 12 N–H and O–H groups in total. The minimum atomic E-state index is -0.299. The van der Waals surface area contributed by atoms with Gasteiger partial charge in [-0.05, 0) is 224 Å². The molecule has 5 heterocycles. The van der Waals surface area contributed by atoms with Crippen LogP contribution in [-0.2, 0) is 0 Å². The second kappa shape index (κ2) is 47.3. The molecule has 4 aliphatic carbocycles. The standard InChI is InChI=1S/C20H26N4O2.3C19H24N4O2.C17H22N4O2/c1-3-24(15-7-5-4-6-8-15)19-12-18(21-13-22-19)20(26)23-17-10-9-16(25)11-14(17)2;1-12-5-3-4-6-15(12)22-18-10-17(20-11-21-18)19(25)23-16-8-7-14(24)9-13(16)2;1-13-10-15(24)8-9-16(13)22-19(25)17-11-18(21-12-20-17)23(2)14-6-4-3-5-7-14;1-13-10-15(24)8-9-16(13)23-19(25)17-11-18(21-12-20-17)22-14-6-4-2-3-5-7-14;1-3-9-21(10-4-2)16-11-15(18-12-19-16)17(23)20-13-5-7-14(22)8-6-13/h9-13,15,25H,3-8H2,1-2H3,(H,23,26);7-12,15,24H,3-6H2,1-2H3,(H,23,25)(H,20,21,22);8-12,14,24H,3-7H2,1-2H3,(H,22,25);8-12,14,24H,2-7H2,1H3,(H,23,25)(H,20,21,22);5-8,11-12,22H,3-4,9-10H2,1-2H3,(H,20,23). The van der Waals surface area contributed by atoms with E-state index >= 15 is 0 Å². The first-order valence-electron chi connectivity index (χ1n) is 43.3. The van der Waals surface area contributed by atoms with Gasteiger partial charge in [0.2, 0.25) is 0 Å². The molecule has 30 nitrogen and oxygen atoms in total. The van der Waals surface area contributed by atoms with E-state index in [4.69, 9.17) is 0 Å². The summed E-state index contributed by atoms with van der Waals surface area (Å²) in [6.07, 6.45) is 33.6. The number of amides is 5. The van der Waals surface area contributed by atoms with Crippen molar-refractivity contribution in [3.63, 3.8) is 0 Å².